The first kappa shape index (κ1) is 18.4. The van der Waals surface area contributed by atoms with Gasteiger partial charge in [-0.15, -0.1) is 0 Å². The highest BCUT2D eigenvalue weighted by Crippen LogP contribution is 2.27. The molecule has 1 aromatic rings. The highest BCUT2D eigenvalue weighted by Gasteiger charge is 2.38. The van der Waals surface area contributed by atoms with Gasteiger partial charge in [0.1, 0.15) is 5.82 Å². The number of hydrogen-bond donors (Lipinski definition) is 2. The Hall–Kier alpha value is -1.95. The summed E-state index contributed by atoms with van der Waals surface area (Å²) in [6, 6.07) is 5.94. The number of nitrogens with one attached hydrogen (secondary N) is 1. The molecule has 1 aromatic carbocycles. The van der Waals surface area contributed by atoms with Crippen molar-refractivity contribution >= 4 is 11.8 Å². The molecule has 0 heterocycles. The van der Waals surface area contributed by atoms with Gasteiger partial charge < -0.3 is 16.0 Å². The van der Waals surface area contributed by atoms with E-state index in [2.05, 4.69) is 5.32 Å². The summed E-state index contributed by atoms with van der Waals surface area (Å²) in [5.41, 5.74) is 6.25. The van der Waals surface area contributed by atoms with Crippen molar-refractivity contribution in [1.82, 2.24) is 10.2 Å². The maximum absolute atomic E-state index is 12.9. The molecule has 132 valence electrons. The van der Waals surface area contributed by atoms with Gasteiger partial charge in [-0.05, 0) is 37.5 Å². The third kappa shape index (κ3) is 4.77. The average Bonchev–Trinajstić information content (AvgIpc) is 2.59. The fraction of sp³-hybridized carbons (Fsp3) is 0.556. The third-order valence-corrected chi connectivity index (χ3v) is 4.58. The van der Waals surface area contributed by atoms with E-state index in [0.717, 1.165) is 24.8 Å². The fourth-order valence-corrected chi connectivity index (χ4v) is 3.07. The van der Waals surface area contributed by atoms with Crippen molar-refractivity contribution in [2.45, 2.75) is 51.1 Å². The number of rotatable bonds is 6. The molecule has 6 heteroatoms. The van der Waals surface area contributed by atoms with Crippen LogP contribution < -0.4 is 11.1 Å². The van der Waals surface area contributed by atoms with Crippen LogP contribution in [0.2, 0.25) is 0 Å². The predicted octanol–water partition coefficient (Wildman–Crippen LogP) is 1.95. The summed E-state index contributed by atoms with van der Waals surface area (Å²) >= 11 is 0. The summed E-state index contributed by atoms with van der Waals surface area (Å²) in [5, 5.41) is 2.76. The standard InChI is InChI=1S/C18H26FN3O2/c1-2-22(17(24)18(20)10-4-3-5-11-18)13-16(23)21-12-14-6-8-15(19)9-7-14/h6-9H,2-5,10-13,20H2,1H3,(H,21,23). The normalized spacial score (nSPS) is 16.5. The molecule has 0 spiro atoms. The van der Waals surface area contributed by atoms with E-state index in [-0.39, 0.29) is 24.2 Å². The van der Waals surface area contributed by atoms with Gasteiger partial charge in [0.2, 0.25) is 11.8 Å². The second-order valence-corrected chi connectivity index (χ2v) is 6.44. The van der Waals surface area contributed by atoms with Crippen molar-refractivity contribution in [2.24, 2.45) is 5.73 Å². The van der Waals surface area contributed by atoms with E-state index in [9.17, 15) is 14.0 Å². The van der Waals surface area contributed by atoms with E-state index in [4.69, 9.17) is 5.73 Å². The Morgan fingerprint density at radius 1 is 1.21 bits per heavy atom. The van der Waals surface area contributed by atoms with E-state index >= 15 is 0 Å². The van der Waals surface area contributed by atoms with E-state index < -0.39 is 5.54 Å². The van der Waals surface area contributed by atoms with E-state index in [1.165, 1.54) is 17.0 Å². The lowest BCUT2D eigenvalue weighted by Crippen LogP contribution is -2.57. The number of nitrogens with two attached hydrogens (primary N) is 1. The monoisotopic (exact) mass is 335 g/mol. The van der Waals surface area contributed by atoms with Crippen molar-refractivity contribution in [2.75, 3.05) is 13.1 Å². The summed E-state index contributed by atoms with van der Waals surface area (Å²) in [6.45, 7) is 2.59. The van der Waals surface area contributed by atoms with Crippen LogP contribution in [0.5, 0.6) is 0 Å². The van der Waals surface area contributed by atoms with Crippen molar-refractivity contribution < 1.29 is 14.0 Å². The molecule has 24 heavy (non-hydrogen) atoms. The van der Waals surface area contributed by atoms with Gasteiger partial charge in [0.05, 0.1) is 12.1 Å². The molecular weight excluding hydrogens is 309 g/mol. The summed E-state index contributed by atoms with van der Waals surface area (Å²) in [6.07, 6.45) is 4.38. The van der Waals surface area contributed by atoms with Crippen LogP contribution in [0.25, 0.3) is 0 Å². The van der Waals surface area contributed by atoms with Crippen molar-refractivity contribution in [3.05, 3.63) is 35.6 Å². The molecule has 1 fully saturated rings. The maximum atomic E-state index is 12.9. The molecule has 2 amide bonds. The summed E-state index contributed by atoms with van der Waals surface area (Å²) < 4.78 is 12.9. The lowest BCUT2D eigenvalue weighted by molar-refractivity contribution is -0.141. The zero-order chi connectivity index (χ0) is 17.6. The van der Waals surface area contributed by atoms with Crippen molar-refractivity contribution in [3.63, 3.8) is 0 Å². The molecule has 0 aliphatic heterocycles. The molecule has 2 rings (SSSR count). The number of amides is 2. The number of benzene rings is 1. The SMILES string of the molecule is CCN(CC(=O)NCc1ccc(F)cc1)C(=O)C1(N)CCCCC1. The van der Waals surface area contributed by atoms with Gasteiger partial charge in [-0.25, -0.2) is 4.39 Å². The molecule has 0 radical (unpaired) electrons. The predicted molar refractivity (Wildman–Crippen MR) is 90.5 cm³/mol. The molecule has 0 saturated heterocycles. The molecule has 3 N–H and O–H groups in total. The number of likely N-dealkylation sites (N-methyl/N-ethyl adjacent to an activating group) is 1. The van der Waals surface area contributed by atoms with Crippen molar-refractivity contribution in [3.8, 4) is 0 Å². The van der Waals surface area contributed by atoms with Crippen molar-refractivity contribution in [1.29, 1.82) is 0 Å². The molecule has 1 saturated carbocycles. The minimum Gasteiger partial charge on any atom is -0.350 e. The summed E-state index contributed by atoms with van der Waals surface area (Å²) in [4.78, 5) is 26.3. The molecule has 0 unspecified atom stereocenters. The minimum atomic E-state index is -0.828. The van der Waals surface area contributed by atoms with Gasteiger partial charge >= 0.3 is 0 Å². The Morgan fingerprint density at radius 2 is 1.83 bits per heavy atom. The molecule has 1 aliphatic carbocycles. The molecule has 5 nitrogen and oxygen atoms in total. The zero-order valence-corrected chi connectivity index (χ0v) is 14.2. The Morgan fingerprint density at radius 3 is 2.42 bits per heavy atom. The van der Waals surface area contributed by atoms with Gasteiger partial charge in [0.25, 0.3) is 0 Å². The number of nitrogens with zero attached hydrogens (tertiary/aromatic N) is 1. The van der Waals surface area contributed by atoms with Crippen LogP contribution in [-0.2, 0) is 16.1 Å². The van der Waals surface area contributed by atoms with Gasteiger partial charge in [0, 0.05) is 13.1 Å². The Kier molecular flexibility index (Phi) is 6.31. The van der Waals surface area contributed by atoms with E-state index in [1.54, 1.807) is 12.1 Å². The first-order chi connectivity index (χ1) is 11.4. The topological polar surface area (TPSA) is 75.4 Å². The van der Waals surface area contributed by atoms with E-state index in [1.807, 2.05) is 6.92 Å². The van der Waals surface area contributed by atoms with Crippen LogP contribution in [0.1, 0.15) is 44.6 Å². The number of carbonyl (C=O) groups excluding carboxylic acids is 2. The fourth-order valence-electron chi connectivity index (χ4n) is 3.07. The molecular formula is C18H26FN3O2. The number of carbonyl (C=O) groups is 2. The van der Waals surface area contributed by atoms with Crippen LogP contribution in [0, 0.1) is 5.82 Å². The number of halogens is 1. The van der Waals surface area contributed by atoms with Gasteiger partial charge in [-0.3, -0.25) is 9.59 Å². The van der Waals surface area contributed by atoms with Gasteiger partial charge in [0.15, 0.2) is 0 Å². The highest BCUT2D eigenvalue weighted by molar-refractivity contribution is 5.90. The smallest absolute Gasteiger partial charge is 0.243 e. The Bertz CT molecular complexity index is 568. The molecule has 0 atom stereocenters. The lowest BCUT2D eigenvalue weighted by Gasteiger charge is -2.36. The van der Waals surface area contributed by atoms with Crippen LogP contribution in [0.4, 0.5) is 4.39 Å². The lowest BCUT2D eigenvalue weighted by atomic mass is 9.81. The second kappa shape index (κ2) is 8.24. The first-order valence-corrected chi connectivity index (χ1v) is 8.54. The molecule has 0 bridgehead atoms. The van der Waals surface area contributed by atoms with Gasteiger partial charge in [-0.2, -0.15) is 0 Å². The largest absolute Gasteiger partial charge is 0.350 e. The molecule has 0 aromatic heterocycles. The Labute approximate surface area is 142 Å². The van der Waals surface area contributed by atoms with Crippen LogP contribution in [0.3, 0.4) is 0 Å². The molecule has 1 aliphatic rings. The quantitative estimate of drug-likeness (QED) is 0.834. The highest BCUT2D eigenvalue weighted by atomic mass is 19.1. The zero-order valence-electron chi connectivity index (χ0n) is 14.2. The maximum Gasteiger partial charge on any atom is 0.243 e. The average molecular weight is 335 g/mol. The van der Waals surface area contributed by atoms with Crippen LogP contribution in [-0.4, -0.2) is 35.3 Å². The van der Waals surface area contributed by atoms with E-state index in [0.29, 0.717) is 25.9 Å². The van der Waals surface area contributed by atoms with Gasteiger partial charge in [-0.1, -0.05) is 31.4 Å². The summed E-state index contributed by atoms with van der Waals surface area (Å²) in [7, 11) is 0. The van der Waals surface area contributed by atoms with Crippen LogP contribution in [0.15, 0.2) is 24.3 Å². The second-order valence-electron chi connectivity index (χ2n) is 6.44. The Balaban J connectivity index is 1.88. The first-order valence-electron chi connectivity index (χ1n) is 8.54. The van der Waals surface area contributed by atoms with Crippen LogP contribution >= 0.6 is 0 Å². The number of hydrogen-bond acceptors (Lipinski definition) is 3. The minimum absolute atomic E-state index is 0.00449. The third-order valence-electron chi connectivity index (χ3n) is 4.58. The summed E-state index contributed by atoms with van der Waals surface area (Å²) in [5.74, 6) is -0.691.